The molecule has 0 aliphatic rings. The van der Waals surface area contributed by atoms with Gasteiger partial charge in [-0.1, -0.05) is 13.0 Å². The van der Waals surface area contributed by atoms with Gasteiger partial charge in [0, 0.05) is 4.88 Å². The summed E-state index contributed by atoms with van der Waals surface area (Å²) < 4.78 is 5.46. The molecule has 3 nitrogen and oxygen atoms in total. The van der Waals surface area contributed by atoms with E-state index in [1.165, 1.54) is 4.88 Å². The molecule has 0 saturated heterocycles. The Hall–Kier alpha value is -0.870. The quantitative estimate of drug-likeness (QED) is 0.561. The van der Waals surface area contributed by atoms with Gasteiger partial charge in [0.05, 0.1) is 6.61 Å². The molecule has 1 unspecified atom stereocenters. The van der Waals surface area contributed by atoms with Gasteiger partial charge in [-0.15, -0.1) is 11.3 Å². The number of amidine groups is 1. The van der Waals surface area contributed by atoms with E-state index in [9.17, 15) is 0 Å². The van der Waals surface area contributed by atoms with E-state index in [4.69, 9.17) is 15.9 Å². The van der Waals surface area contributed by atoms with Gasteiger partial charge in [-0.05, 0) is 17.9 Å². The molecule has 1 aromatic rings. The van der Waals surface area contributed by atoms with Crippen LogP contribution in [0.15, 0.2) is 17.5 Å². The average Bonchev–Trinajstić information content (AvgIpc) is 2.57. The smallest absolute Gasteiger partial charge is 0.120 e. The highest BCUT2D eigenvalue weighted by Gasteiger charge is 2.09. The Kier molecular flexibility index (Phi) is 3.92. The van der Waals surface area contributed by atoms with E-state index in [0.717, 1.165) is 6.42 Å². The number of nitrogens with one attached hydrogen (secondary N) is 1. The number of ether oxygens (including phenoxy) is 1. The van der Waals surface area contributed by atoms with Gasteiger partial charge in [-0.25, -0.2) is 0 Å². The van der Waals surface area contributed by atoms with Crippen molar-refractivity contribution in [2.24, 2.45) is 5.73 Å². The fraction of sp³-hybridized carbons (Fsp3) is 0.444. The summed E-state index contributed by atoms with van der Waals surface area (Å²) in [7, 11) is 0. The van der Waals surface area contributed by atoms with Crippen LogP contribution in [0.4, 0.5) is 0 Å². The molecular formula is C9H14N2OS. The van der Waals surface area contributed by atoms with Crippen molar-refractivity contribution >= 4 is 17.2 Å². The van der Waals surface area contributed by atoms with Crippen molar-refractivity contribution in [1.82, 2.24) is 0 Å². The van der Waals surface area contributed by atoms with E-state index in [-0.39, 0.29) is 11.9 Å². The summed E-state index contributed by atoms with van der Waals surface area (Å²) in [6.45, 7) is 2.51. The van der Waals surface area contributed by atoms with Crippen LogP contribution >= 0.6 is 11.3 Å². The largest absolute Gasteiger partial charge is 0.385 e. The third kappa shape index (κ3) is 3.16. The third-order valence-corrected chi connectivity index (χ3v) is 2.57. The molecule has 0 aliphatic carbocycles. The molecule has 0 fully saturated rings. The standard InChI is InChI=1S/C9H14N2OS/c1-2-8(9(10)11)12-6-7-4-3-5-13-7/h3-5,8H,2,6H2,1H3,(H3,10,11). The van der Waals surface area contributed by atoms with Crippen molar-refractivity contribution < 1.29 is 4.74 Å². The summed E-state index contributed by atoms with van der Waals surface area (Å²) in [4.78, 5) is 1.17. The van der Waals surface area contributed by atoms with Gasteiger partial charge < -0.3 is 10.5 Å². The highest BCUT2D eigenvalue weighted by Crippen LogP contribution is 2.11. The van der Waals surface area contributed by atoms with E-state index in [0.29, 0.717) is 6.61 Å². The van der Waals surface area contributed by atoms with Crippen molar-refractivity contribution in [3.63, 3.8) is 0 Å². The molecule has 72 valence electrons. The first-order valence-electron chi connectivity index (χ1n) is 4.22. The highest BCUT2D eigenvalue weighted by atomic mass is 32.1. The average molecular weight is 198 g/mol. The summed E-state index contributed by atoms with van der Waals surface area (Å²) in [5, 5.41) is 9.24. The molecule has 1 atom stereocenters. The molecule has 0 aliphatic heterocycles. The molecule has 13 heavy (non-hydrogen) atoms. The Morgan fingerprint density at radius 1 is 1.77 bits per heavy atom. The van der Waals surface area contributed by atoms with Crippen molar-refractivity contribution in [2.45, 2.75) is 26.1 Å². The number of nitrogens with two attached hydrogens (primary N) is 1. The third-order valence-electron chi connectivity index (χ3n) is 1.72. The molecule has 1 aromatic heterocycles. The van der Waals surface area contributed by atoms with E-state index < -0.39 is 0 Å². The van der Waals surface area contributed by atoms with Crippen molar-refractivity contribution in [1.29, 1.82) is 5.41 Å². The Bertz CT molecular complexity index is 259. The summed E-state index contributed by atoms with van der Waals surface area (Å²) in [5.41, 5.74) is 5.35. The first kappa shape index (κ1) is 10.2. The Balaban J connectivity index is 2.36. The molecule has 3 N–H and O–H groups in total. The van der Waals surface area contributed by atoms with Crippen LogP contribution in [0.25, 0.3) is 0 Å². The molecule has 0 bridgehead atoms. The maximum absolute atomic E-state index is 7.24. The summed E-state index contributed by atoms with van der Waals surface area (Å²) in [6, 6.07) is 4.00. The van der Waals surface area contributed by atoms with Gasteiger partial charge in [0.15, 0.2) is 0 Å². The minimum absolute atomic E-state index is 0.110. The minimum Gasteiger partial charge on any atom is -0.385 e. The van der Waals surface area contributed by atoms with Crippen molar-refractivity contribution in [3.8, 4) is 0 Å². The zero-order valence-corrected chi connectivity index (χ0v) is 8.43. The zero-order chi connectivity index (χ0) is 9.68. The van der Waals surface area contributed by atoms with Crippen molar-refractivity contribution in [3.05, 3.63) is 22.4 Å². The predicted octanol–water partition coefficient (Wildman–Crippen LogP) is 1.98. The van der Waals surface area contributed by atoms with Gasteiger partial charge in [0.25, 0.3) is 0 Å². The van der Waals surface area contributed by atoms with Crippen LogP contribution < -0.4 is 5.73 Å². The van der Waals surface area contributed by atoms with Gasteiger partial charge in [0.2, 0.25) is 0 Å². The van der Waals surface area contributed by atoms with Crippen LogP contribution in [0.1, 0.15) is 18.2 Å². The van der Waals surface area contributed by atoms with Crippen LogP contribution in [0.5, 0.6) is 0 Å². The van der Waals surface area contributed by atoms with E-state index in [1.807, 2.05) is 24.4 Å². The maximum atomic E-state index is 7.24. The fourth-order valence-electron chi connectivity index (χ4n) is 1.00. The highest BCUT2D eigenvalue weighted by molar-refractivity contribution is 7.09. The second-order valence-corrected chi connectivity index (χ2v) is 3.77. The number of rotatable bonds is 5. The lowest BCUT2D eigenvalue weighted by atomic mass is 10.2. The molecule has 1 rings (SSSR count). The lowest BCUT2D eigenvalue weighted by Gasteiger charge is -2.13. The summed E-state index contributed by atoms with van der Waals surface area (Å²) in [5.74, 6) is 0.110. The first-order chi connectivity index (χ1) is 6.24. The van der Waals surface area contributed by atoms with Gasteiger partial charge in [-0.2, -0.15) is 0 Å². The Morgan fingerprint density at radius 3 is 3.00 bits per heavy atom. The number of hydrogen-bond donors (Lipinski definition) is 2. The monoisotopic (exact) mass is 198 g/mol. The lowest BCUT2D eigenvalue weighted by Crippen LogP contribution is -2.29. The normalized spacial score (nSPS) is 12.7. The van der Waals surface area contributed by atoms with Crippen LogP contribution in [0, 0.1) is 5.41 Å². The minimum atomic E-state index is -0.234. The molecule has 1 heterocycles. The number of hydrogen-bond acceptors (Lipinski definition) is 3. The second kappa shape index (κ2) is 4.99. The van der Waals surface area contributed by atoms with Gasteiger partial charge in [0.1, 0.15) is 11.9 Å². The van der Waals surface area contributed by atoms with E-state index >= 15 is 0 Å². The number of thiophene rings is 1. The predicted molar refractivity (Wildman–Crippen MR) is 55.1 cm³/mol. The SMILES string of the molecule is CCC(OCc1cccs1)C(=N)N. The van der Waals surface area contributed by atoms with Crippen LogP contribution in [-0.4, -0.2) is 11.9 Å². The Labute approximate surface area is 82.0 Å². The van der Waals surface area contributed by atoms with Gasteiger partial charge >= 0.3 is 0 Å². The molecular weight excluding hydrogens is 184 g/mol. The van der Waals surface area contributed by atoms with E-state index in [2.05, 4.69) is 0 Å². The molecule has 0 saturated carbocycles. The lowest BCUT2D eigenvalue weighted by molar-refractivity contribution is 0.0826. The van der Waals surface area contributed by atoms with Crippen LogP contribution in [0.2, 0.25) is 0 Å². The van der Waals surface area contributed by atoms with Crippen LogP contribution in [-0.2, 0) is 11.3 Å². The molecule has 0 radical (unpaired) electrons. The second-order valence-electron chi connectivity index (χ2n) is 2.74. The zero-order valence-electron chi connectivity index (χ0n) is 7.62. The topological polar surface area (TPSA) is 59.1 Å². The first-order valence-corrected chi connectivity index (χ1v) is 5.10. The summed E-state index contributed by atoms with van der Waals surface area (Å²) >= 11 is 1.65. The fourth-order valence-corrected chi connectivity index (χ4v) is 1.63. The van der Waals surface area contributed by atoms with Crippen LogP contribution in [0.3, 0.4) is 0 Å². The van der Waals surface area contributed by atoms with Crippen molar-refractivity contribution in [2.75, 3.05) is 0 Å². The molecule has 0 aromatic carbocycles. The molecule has 0 spiro atoms. The Morgan fingerprint density at radius 2 is 2.54 bits per heavy atom. The molecule has 0 amide bonds. The van der Waals surface area contributed by atoms with Gasteiger partial charge in [-0.3, -0.25) is 5.41 Å². The molecule has 4 heteroatoms. The maximum Gasteiger partial charge on any atom is 0.120 e. The summed E-state index contributed by atoms with van der Waals surface area (Å²) in [6.07, 6.45) is 0.517. The van der Waals surface area contributed by atoms with E-state index in [1.54, 1.807) is 11.3 Å².